The smallest absolute Gasteiger partial charge is 0.410 e. The summed E-state index contributed by atoms with van der Waals surface area (Å²) >= 11 is 0. The number of methoxy groups -OCH3 is 1. The minimum atomic E-state index is -3.64. The van der Waals surface area contributed by atoms with Gasteiger partial charge in [0.05, 0.1) is 32.7 Å². The van der Waals surface area contributed by atoms with Crippen LogP contribution in [0.15, 0.2) is 0 Å². The van der Waals surface area contributed by atoms with Crippen LogP contribution >= 0.6 is 0 Å². The second kappa shape index (κ2) is 11.9. The van der Waals surface area contributed by atoms with Crippen molar-refractivity contribution in [1.29, 1.82) is 0 Å². The number of carbonyl (C=O) groups is 3. The highest BCUT2D eigenvalue weighted by atomic mass is 32.2. The maximum atomic E-state index is 12.6. The lowest BCUT2D eigenvalue weighted by molar-refractivity contribution is -0.153. The van der Waals surface area contributed by atoms with E-state index >= 15 is 0 Å². The normalized spacial score (nSPS) is 31.5. The maximum Gasteiger partial charge on any atom is 0.410 e. The van der Waals surface area contributed by atoms with Gasteiger partial charge in [-0.3, -0.25) is 18.8 Å². The van der Waals surface area contributed by atoms with Crippen LogP contribution in [0.5, 0.6) is 0 Å². The Labute approximate surface area is 207 Å². The predicted octanol–water partition coefficient (Wildman–Crippen LogP) is 1.40. The summed E-state index contributed by atoms with van der Waals surface area (Å²) in [4.78, 5) is 41.0. The van der Waals surface area contributed by atoms with Gasteiger partial charge < -0.3 is 14.2 Å². The molecule has 0 spiro atoms. The zero-order chi connectivity index (χ0) is 25.8. The number of nitrogens with zero attached hydrogens (tertiary/aromatic N) is 2. The van der Waals surface area contributed by atoms with Gasteiger partial charge in [-0.05, 0) is 57.3 Å². The summed E-state index contributed by atoms with van der Waals surface area (Å²) in [7, 11) is -2.33. The van der Waals surface area contributed by atoms with E-state index in [0.29, 0.717) is 26.1 Å². The van der Waals surface area contributed by atoms with E-state index in [9.17, 15) is 22.8 Å². The minimum Gasteiger partial charge on any atom is -0.465 e. The van der Waals surface area contributed by atoms with Crippen molar-refractivity contribution in [3.8, 4) is 0 Å². The van der Waals surface area contributed by atoms with Crippen molar-refractivity contribution in [3.05, 3.63) is 0 Å². The van der Waals surface area contributed by atoms with Gasteiger partial charge in [-0.15, -0.1) is 0 Å². The Kier molecular flexibility index (Phi) is 9.39. The molecule has 0 bridgehead atoms. The van der Waals surface area contributed by atoms with Crippen LogP contribution in [-0.2, 0) is 38.1 Å². The highest BCUT2D eigenvalue weighted by Gasteiger charge is 2.46. The fourth-order valence-corrected chi connectivity index (χ4v) is 6.52. The topological polar surface area (TPSA) is 129 Å². The first-order chi connectivity index (χ1) is 16.6. The maximum absolute atomic E-state index is 12.6. The second-order valence-corrected chi connectivity index (χ2v) is 11.3. The molecule has 3 rings (SSSR count). The van der Waals surface area contributed by atoms with Crippen molar-refractivity contribution in [2.75, 3.05) is 46.2 Å². The van der Waals surface area contributed by atoms with Gasteiger partial charge in [0.2, 0.25) is 0 Å². The molecule has 6 atom stereocenters. The third-order valence-corrected chi connectivity index (χ3v) is 7.90. The molecule has 0 aromatic rings. The van der Waals surface area contributed by atoms with Gasteiger partial charge in [-0.2, -0.15) is 8.42 Å². The van der Waals surface area contributed by atoms with Crippen LogP contribution in [0.3, 0.4) is 0 Å². The molecule has 3 fully saturated rings. The number of fused-ring (bicyclic) bond motifs is 1. The van der Waals surface area contributed by atoms with E-state index in [0.717, 1.165) is 25.5 Å². The van der Waals surface area contributed by atoms with Crippen LogP contribution < -0.4 is 0 Å². The molecule has 0 aromatic carbocycles. The molecule has 1 aliphatic carbocycles. The number of hydrogen-bond donors (Lipinski definition) is 0. The van der Waals surface area contributed by atoms with Crippen LogP contribution in [0.2, 0.25) is 0 Å². The summed E-state index contributed by atoms with van der Waals surface area (Å²) in [6.07, 6.45) is 3.32. The van der Waals surface area contributed by atoms with Crippen molar-refractivity contribution < 1.29 is 41.2 Å². The van der Waals surface area contributed by atoms with E-state index in [-0.39, 0.29) is 43.4 Å². The predicted molar refractivity (Wildman–Crippen MR) is 125 cm³/mol. The molecular weight excluding hydrogens is 480 g/mol. The van der Waals surface area contributed by atoms with E-state index in [1.165, 1.54) is 12.0 Å². The fraction of sp³-hybridized carbons (Fsp3) is 0.870. The molecule has 35 heavy (non-hydrogen) atoms. The third-order valence-electron chi connectivity index (χ3n) is 7.28. The van der Waals surface area contributed by atoms with Gasteiger partial charge in [0.1, 0.15) is 12.1 Å². The molecule has 11 nitrogen and oxygen atoms in total. The van der Waals surface area contributed by atoms with Crippen molar-refractivity contribution in [1.82, 2.24) is 9.80 Å². The highest BCUT2D eigenvalue weighted by molar-refractivity contribution is 7.86. The molecular formula is C23H38N2O9S. The summed E-state index contributed by atoms with van der Waals surface area (Å²) in [6.45, 7) is 5.36. The zero-order valence-electron chi connectivity index (χ0n) is 21.0. The lowest BCUT2D eigenvalue weighted by atomic mass is 9.69. The average molecular weight is 519 g/mol. The first kappa shape index (κ1) is 27.7. The molecule has 1 amide bonds. The standard InChI is InChI=1S/C23H38N2O9S/c1-5-32-21(26)19-11-18(34-35(4,29)30)14-24(19)12-15-7-8-16-13-25(23(28)31-3)20(10-17(16)9-15)22(27)33-6-2/h15-20H,5-14H2,1-4H3/t15?,16?,17?,18-,19+,20?/m1/s1. The molecule has 3 aliphatic rings. The molecule has 2 aliphatic heterocycles. The molecule has 2 heterocycles. The van der Waals surface area contributed by atoms with E-state index in [1.54, 1.807) is 13.8 Å². The van der Waals surface area contributed by atoms with Gasteiger partial charge in [0.25, 0.3) is 10.1 Å². The van der Waals surface area contributed by atoms with Crippen LogP contribution in [0.1, 0.15) is 46.0 Å². The summed E-state index contributed by atoms with van der Waals surface area (Å²) in [6, 6.07) is -1.22. The van der Waals surface area contributed by atoms with E-state index in [2.05, 4.69) is 0 Å². The molecule has 2 saturated heterocycles. The van der Waals surface area contributed by atoms with Gasteiger partial charge in [-0.1, -0.05) is 0 Å². The lowest BCUT2D eigenvalue weighted by Gasteiger charge is -2.46. The number of ether oxygens (including phenoxy) is 3. The first-order valence-corrected chi connectivity index (χ1v) is 14.2. The Morgan fingerprint density at radius 2 is 1.54 bits per heavy atom. The van der Waals surface area contributed by atoms with Crippen LogP contribution in [0, 0.1) is 17.8 Å². The zero-order valence-corrected chi connectivity index (χ0v) is 21.8. The monoisotopic (exact) mass is 518 g/mol. The number of amides is 1. The molecule has 1 saturated carbocycles. The second-order valence-electron chi connectivity index (χ2n) is 9.70. The van der Waals surface area contributed by atoms with Crippen LogP contribution in [-0.4, -0.2) is 101 Å². The largest absolute Gasteiger partial charge is 0.465 e. The van der Waals surface area contributed by atoms with E-state index in [1.807, 2.05) is 4.90 Å². The average Bonchev–Trinajstić information content (AvgIpc) is 3.18. The number of hydrogen-bond acceptors (Lipinski definition) is 10. The Hall–Kier alpha value is -1.92. The number of piperidine rings is 1. The summed E-state index contributed by atoms with van der Waals surface area (Å²) < 4.78 is 43.8. The molecule has 200 valence electrons. The lowest BCUT2D eigenvalue weighted by Crippen LogP contribution is -2.55. The SMILES string of the molecule is CCOC(=O)C1CC2CC(CN3C[C@H](OS(C)(=O)=O)C[C@H]3C(=O)OCC)CCC2CN1C(=O)OC. The number of esters is 2. The highest BCUT2D eigenvalue weighted by Crippen LogP contribution is 2.42. The van der Waals surface area contributed by atoms with Gasteiger partial charge in [-0.25, -0.2) is 9.59 Å². The van der Waals surface area contributed by atoms with Crippen molar-refractivity contribution in [3.63, 3.8) is 0 Å². The van der Waals surface area contributed by atoms with Gasteiger partial charge in [0, 0.05) is 26.1 Å². The van der Waals surface area contributed by atoms with Gasteiger partial charge in [0.15, 0.2) is 0 Å². The van der Waals surface area contributed by atoms with E-state index < -0.39 is 40.4 Å². The van der Waals surface area contributed by atoms with Crippen molar-refractivity contribution in [2.24, 2.45) is 17.8 Å². The number of rotatable bonds is 8. The molecule has 0 radical (unpaired) electrons. The molecule has 12 heteroatoms. The third kappa shape index (κ3) is 7.07. The van der Waals surface area contributed by atoms with Crippen molar-refractivity contribution >= 4 is 28.1 Å². The number of carbonyl (C=O) groups excluding carboxylic acids is 3. The molecule has 0 aromatic heterocycles. The summed E-state index contributed by atoms with van der Waals surface area (Å²) in [5.41, 5.74) is 0. The first-order valence-electron chi connectivity index (χ1n) is 12.4. The molecule has 0 N–H and O–H groups in total. The Bertz CT molecular complexity index is 880. The van der Waals surface area contributed by atoms with E-state index in [4.69, 9.17) is 18.4 Å². The number of likely N-dealkylation sites (tertiary alicyclic amines) is 2. The Balaban J connectivity index is 1.68. The fourth-order valence-electron chi connectivity index (χ4n) is 5.89. The van der Waals surface area contributed by atoms with Crippen LogP contribution in [0.4, 0.5) is 4.79 Å². The minimum absolute atomic E-state index is 0.232. The van der Waals surface area contributed by atoms with Crippen LogP contribution in [0.25, 0.3) is 0 Å². The summed E-state index contributed by atoms with van der Waals surface area (Å²) in [5.74, 6) is -0.0269. The van der Waals surface area contributed by atoms with Gasteiger partial charge >= 0.3 is 18.0 Å². The summed E-state index contributed by atoms with van der Waals surface area (Å²) in [5, 5.41) is 0. The van der Waals surface area contributed by atoms with Crippen molar-refractivity contribution in [2.45, 2.75) is 64.1 Å². The quantitative estimate of drug-likeness (QED) is 0.264. The molecule has 4 unspecified atom stereocenters. The Morgan fingerprint density at radius 3 is 2.14 bits per heavy atom. The Morgan fingerprint density at radius 1 is 0.886 bits per heavy atom.